The Hall–Kier alpha value is -3.10. The average Bonchev–Trinajstić information content (AvgIpc) is 3.36. The summed E-state index contributed by atoms with van der Waals surface area (Å²) in [6.07, 6.45) is -7.25. The Labute approximate surface area is 207 Å². The van der Waals surface area contributed by atoms with Crippen molar-refractivity contribution in [3.8, 4) is 11.6 Å². The Balaban J connectivity index is 1.66. The molecule has 4 rings (SSSR count). The number of carbonyl (C=O) groups is 1. The van der Waals surface area contributed by atoms with E-state index in [1.165, 1.54) is 13.0 Å². The second-order valence-corrected chi connectivity index (χ2v) is 8.93. The van der Waals surface area contributed by atoms with Crippen molar-refractivity contribution >= 4 is 11.7 Å². The number of nitrogens with one attached hydrogen (secondary N) is 1. The normalized spacial score (nSPS) is 29.8. The number of hydrogen-bond acceptors (Lipinski definition) is 8. The third-order valence-electron chi connectivity index (χ3n) is 6.74. The summed E-state index contributed by atoms with van der Waals surface area (Å²) in [5.41, 5.74) is -2.96. The van der Waals surface area contributed by atoms with Crippen LogP contribution in [-0.2, 0) is 14.3 Å². The van der Waals surface area contributed by atoms with Crippen molar-refractivity contribution in [2.24, 2.45) is 5.92 Å². The molecular formula is C23H24F5N3O6. The van der Waals surface area contributed by atoms with E-state index in [2.05, 4.69) is 15.3 Å². The molecular weight excluding hydrogens is 509 g/mol. The molecule has 37 heavy (non-hydrogen) atoms. The minimum atomic E-state index is -4.90. The largest absolute Gasteiger partial charge is 0.493 e. The molecule has 0 radical (unpaired) electrons. The van der Waals surface area contributed by atoms with Gasteiger partial charge in [-0.05, 0) is 13.0 Å². The number of rotatable bonds is 6. The fraction of sp³-hybridized carbons (Fsp3) is 0.522. The summed E-state index contributed by atoms with van der Waals surface area (Å²) in [6.45, 7) is 2.17. The molecule has 0 bridgehead atoms. The summed E-state index contributed by atoms with van der Waals surface area (Å²) in [5, 5.41) is 12.2. The van der Waals surface area contributed by atoms with Crippen molar-refractivity contribution in [1.82, 2.24) is 9.97 Å². The summed E-state index contributed by atoms with van der Waals surface area (Å²) >= 11 is 0. The van der Waals surface area contributed by atoms with Crippen LogP contribution >= 0.6 is 0 Å². The van der Waals surface area contributed by atoms with E-state index in [1.807, 2.05) is 0 Å². The fourth-order valence-electron chi connectivity index (χ4n) is 4.50. The van der Waals surface area contributed by atoms with Crippen LogP contribution in [-0.4, -0.2) is 71.4 Å². The molecule has 202 valence electrons. The van der Waals surface area contributed by atoms with E-state index >= 15 is 0 Å². The van der Waals surface area contributed by atoms with Crippen LogP contribution in [0.5, 0.6) is 11.6 Å². The van der Waals surface area contributed by atoms with Crippen molar-refractivity contribution in [2.75, 3.05) is 25.6 Å². The summed E-state index contributed by atoms with van der Waals surface area (Å²) in [6, 6.07) is 3.01. The Kier molecular flexibility index (Phi) is 7.27. The number of amides is 1. The Morgan fingerprint density at radius 3 is 2.59 bits per heavy atom. The van der Waals surface area contributed by atoms with Gasteiger partial charge in [0.25, 0.3) is 5.91 Å². The van der Waals surface area contributed by atoms with E-state index in [0.29, 0.717) is 0 Å². The molecule has 14 heteroatoms. The molecule has 2 N–H and O–H groups in total. The number of carbonyl (C=O) groups excluding carboxylic acids is 1. The van der Waals surface area contributed by atoms with Gasteiger partial charge < -0.3 is 29.4 Å². The lowest BCUT2D eigenvalue weighted by atomic mass is 9.77. The summed E-state index contributed by atoms with van der Waals surface area (Å²) < 4.78 is 91.4. The van der Waals surface area contributed by atoms with E-state index in [9.17, 15) is 31.9 Å². The van der Waals surface area contributed by atoms with Crippen LogP contribution in [0.15, 0.2) is 24.5 Å². The number of aromatic nitrogens is 2. The number of aliphatic hydroxyl groups excluding tert-OH is 1. The van der Waals surface area contributed by atoms with Gasteiger partial charge in [0.15, 0.2) is 23.3 Å². The predicted octanol–water partition coefficient (Wildman–Crippen LogP) is 2.98. The van der Waals surface area contributed by atoms with Crippen LogP contribution in [0.4, 0.5) is 27.8 Å². The lowest BCUT2D eigenvalue weighted by molar-refractivity contribution is -0.272. The maximum atomic E-state index is 14.5. The van der Waals surface area contributed by atoms with Crippen molar-refractivity contribution in [1.29, 1.82) is 0 Å². The zero-order valence-electron chi connectivity index (χ0n) is 19.9. The van der Waals surface area contributed by atoms with E-state index in [1.54, 1.807) is 0 Å². The number of methoxy groups -OCH3 is 1. The first-order chi connectivity index (χ1) is 17.4. The highest BCUT2D eigenvalue weighted by atomic mass is 19.4. The van der Waals surface area contributed by atoms with Crippen LogP contribution in [0.3, 0.4) is 0 Å². The third-order valence-corrected chi connectivity index (χ3v) is 6.74. The highest BCUT2D eigenvalue weighted by molar-refractivity contribution is 5.94. The fourth-order valence-corrected chi connectivity index (χ4v) is 4.50. The van der Waals surface area contributed by atoms with Gasteiger partial charge in [-0.2, -0.15) is 17.6 Å². The first-order valence-corrected chi connectivity index (χ1v) is 11.2. The number of alkyl halides is 3. The molecule has 2 aromatic rings. The van der Waals surface area contributed by atoms with Crippen molar-refractivity contribution in [3.05, 3.63) is 41.7 Å². The van der Waals surface area contributed by atoms with Gasteiger partial charge in [-0.15, -0.1) is 0 Å². The van der Waals surface area contributed by atoms with Gasteiger partial charge in [-0.3, -0.25) is 4.79 Å². The van der Waals surface area contributed by atoms with E-state index in [4.69, 9.17) is 18.9 Å². The molecule has 0 unspecified atom stereocenters. The van der Waals surface area contributed by atoms with Crippen molar-refractivity contribution in [3.63, 3.8) is 0 Å². The summed E-state index contributed by atoms with van der Waals surface area (Å²) in [4.78, 5) is 21.0. The minimum Gasteiger partial charge on any atom is -0.493 e. The monoisotopic (exact) mass is 533 g/mol. The van der Waals surface area contributed by atoms with Crippen molar-refractivity contribution in [2.45, 2.75) is 49.9 Å². The number of anilines is 1. The van der Waals surface area contributed by atoms with Gasteiger partial charge in [0, 0.05) is 23.5 Å². The Morgan fingerprint density at radius 1 is 1.24 bits per heavy atom. The second-order valence-electron chi connectivity index (χ2n) is 8.93. The third kappa shape index (κ3) is 4.92. The lowest BCUT2D eigenvalue weighted by Crippen LogP contribution is -2.47. The first kappa shape index (κ1) is 26.9. The first-order valence-electron chi connectivity index (χ1n) is 11.2. The Bertz CT molecular complexity index is 1170. The summed E-state index contributed by atoms with van der Waals surface area (Å²) in [5.74, 6) is -7.25. The van der Waals surface area contributed by atoms with E-state index < -0.39 is 65.2 Å². The molecule has 3 heterocycles. The maximum absolute atomic E-state index is 14.5. The minimum absolute atomic E-state index is 0.0282. The second kappa shape index (κ2) is 9.99. The highest BCUT2D eigenvalue weighted by Gasteiger charge is 2.66. The molecule has 6 atom stereocenters. The average molecular weight is 533 g/mol. The molecule has 9 nitrogen and oxygen atoms in total. The molecule has 0 saturated carbocycles. The van der Waals surface area contributed by atoms with Crippen molar-refractivity contribution < 1.29 is 50.8 Å². The van der Waals surface area contributed by atoms with Gasteiger partial charge in [0.1, 0.15) is 24.4 Å². The molecule has 2 saturated heterocycles. The molecule has 1 amide bonds. The maximum Gasteiger partial charge on any atom is 0.417 e. The smallest absolute Gasteiger partial charge is 0.417 e. The topological polar surface area (TPSA) is 112 Å². The van der Waals surface area contributed by atoms with Gasteiger partial charge >= 0.3 is 6.18 Å². The number of benzene rings is 1. The summed E-state index contributed by atoms with van der Waals surface area (Å²) in [7, 11) is 1.04. The predicted molar refractivity (Wildman–Crippen MR) is 116 cm³/mol. The molecule has 1 aromatic carbocycles. The van der Waals surface area contributed by atoms with Gasteiger partial charge in [0.2, 0.25) is 11.7 Å². The SMILES string of the molecule is COc1c([C@H]2[C@H](C(=O)Nc3cc(O[C@@H]4COC[C@@H]4O)ncn3)O[C@@](C)(C(F)(F)F)[C@H]2C)ccc(F)c1F. The Morgan fingerprint density at radius 2 is 1.97 bits per heavy atom. The number of aliphatic hydroxyl groups is 1. The van der Waals surface area contributed by atoms with Gasteiger partial charge in [-0.25, -0.2) is 14.4 Å². The number of ether oxygens (including phenoxy) is 4. The number of nitrogens with zero attached hydrogens (tertiary/aromatic N) is 2. The molecule has 0 aliphatic carbocycles. The quantitative estimate of drug-likeness (QED) is 0.546. The molecule has 1 aromatic heterocycles. The molecule has 2 fully saturated rings. The number of halogens is 5. The van der Waals surface area contributed by atoms with E-state index in [0.717, 1.165) is 32.5 Å². The lowest BCUT2D eigenvalue weighted by Gasteiger charge is -2.32. The zero-order valence-corrected chi connectivity index (χ0v) is 19.9. The molecule has 0 spiro atoms. The van der Waals surface area contributed by atoms with Gasteiger partial charge in [0.05, 0.1) is 20.3 Å². The standard InChI is InChI=1S/C23H24F5N3O6/c1-10-17(11-4-5-12(24)18(25)19(11)34-3)20(37-22(10,2)23(26,27)28)21(33)31-15-6-16(30-9-29-15)36-14-8-35-7-13(14)32/h4-6,9-10,13-14,17,20,32H,7-8H2,1-3H3,(H,29,30,31,33)/t10-,13-,14+,17-,20+,22+/m0/s1. The van der Waals surface area contributed by atoms with Crippen LogP contribution in [0.1, 0.15) is 25.3 Å². The van der Waals surface area contributed by atoms with Crippen LogP contribution in [0.2, 0.25) is 0 Å². The highest BCUT2D eigenvalue weighted by Crippen LogP contribution is 2.55. The zero-order chi connectivity index (χ0) is 27.1. The van der Waals surface area contributed by atoms with Crippen LogP contribution in [0.25, 0.3) is 0 Å². The number of hydrogen-bond donors (Lipinski definition) is 2. The van der Waals surface area contributed by atoms with E-state index in [-0.39, 0.29) is 30.5 Å². The molecule has 2 aliphatic heterocycles. The van der Waals surface area contributed by atoms with Crippen LogP contribution in [0, 0.1) is 17.6 Å². The van der Waals surface area contributed by atoms with Crippen LogP contribution < -0.4 is 14.8 Å². The van der Waals surface area contributed by atoms with Gasteiger partial charge in [-0.1, -0.05) is 13.0 Å². The molecule has 2 aliphatic rings.